The van der Waals surface area contributed by atoms with Gasteiger partial charge < -0.3 is 10.2 Å². The second-order valence-electron chi connectivity index (χ2n) is 4.49. The number of nitrogens with one attached hydrogen (secondary N) is 1. The zero-order valence-electron chi connectivity index (χ0n) is 10.3. The molecule has 1 saturated heterocycles. The van der Waals surface area contributed by atoms with Gasteiger partial charge in [-0.2, -0.15) is 0 Å². The van der Waals surface area contributed by atoms with Crippen molar-refractivity contribution >= 4 is 5.91 Å². The van der Waals surface area contributed by atoms with Crippen LogP contribution in [0, 0.1) is 5.92 Å². The molecule has 0 aromatic rings. The SMILES string of the molecule is CCNC(CN1CCCC1=O)C(C)CC. The third-order valence-electron chi connectivity index (χ3n) is 3.39. The van der Waals surface area contributed by atoms with Gasteiger partial charge in [-0.15, -0.1) is 0 Å². The van der Waals surface area contributed by atoms with Crippen LogP contribution in [0.5, 0.6) is 0 Å². The van der Waals surface area contributed by atoms with Crippen LogP contribution in [0.1, 0.15) is 40.0 Å². The lowest BCUT2D eigenvalue weighted by Gasteiger charge is -2.28. The number of rotatable bonds is 6. The minimum atomic E-state index is 0.334. The monoisotopic (exact) mass is 212 g/mol. The molecule has 0 radical (unpaired) electrons. The largest absolute Gasteiger partial charge is 0.341 e. The summed E-state index contributed by atoms with van der Waals surface area (Å²) in [7, 11) is 0. The van der Waals surface area contributed by atoms with Crippen molar-refractivity contribution in [1.29, 1.82) is 0 Å². The molecule has 2 atom stereocenters. The molecular weight excluding hydrogens is 188 g/mol. The number of carbonyl (C=O) groups excluding carboxylic acids is 1. The summed E-state index contributed by atoms with van der Waals surface area (Å²) >= 11 is 0. The van der Waals surface area contributed by atoms with Gasteiger partial charge in [-0.3, -0.25) is 4.79 Å². The summed E-state index contributed by atoms with van der Waals surface area (Å²) in [6, 6.07) is 0.460. The standard InChI is InChI=1S/C12H24N2O/c1-4-10(3)11(13-5-2)9-14-8-6-7-12(14)15/h10-11,13H,4-9H2,1-3H3. The van der Waals surface area contributed by atoms with E-state index in [1.807, 2.05) is 4.90 Å². The maximum Gasteiger partial charge on any atom is 0.222 e. The van der Waals surface area contributed by atoms with Crippen LogP contribution in [0.4, 0.5) is 0 Å². The Balaban J connectivity index is 2.45. The average molecular weight is 212 g/mol. The first kappa shape index (κ1) is 12.5. The van der Waals surface area contributed by atoms with Crippen molar-refractivity contribution < 1.29 is 4.79 Å². The lowest BCUT2D eigenvalue weighted by Crippen LogP contribution is -2.45. The van der Waals surface area contributed by atoms with Crippen molar-refractivity contribution in [2.24, 2.45) is 5.92 Å². The Morgan fingerprint density at radius 3 is 2.67 bits per heavy atom. The van der Waals surface area contributed by atoms with E-state index in [0.717, 1.165) is 32.5 Å². The first-order chi connectivity index (χ1) is 7.19. The number of likely N-dealkylation sites (tertiary alicyclic amines) is 1. The Kier molecular flexibility index (Phi) is 5.09. The van der Waals surface area contributed by atoms with E-state index in [9.17, 15) is 4.79 Å². The zero-order chi connectivity index (χ0) is 11.3. The Bertz CT molecular complexity index is 206. The van der Waals surface area contributed by atoms with E-state index >= 15 is 0 Å². The molecule has 1 aliphatic heterocycles. The molecule has 3 nitrogen and oxygen atoms in total. The fourth-order valence-corrected chi connectivity index (χ4v) is 2.13. The van der Waals surface area contributed by atoms with E-state index in [4.69, 9.17) is 0 Å². The molecule has 1 N–H and O–H groups in total. The highest BCUT2D eigenvalue weighted by Crippen LogP contribution is 2.14. The van der Waals surface area contributed by atoms with Gasteiger partial charge in [0.1, 0.15) is 0 Å². The number of hydrogen-bond acceptors (Lipinski definition) is 2. The van der Waals surface area contributed by atoms with Gasteiger partial charge in [0.2, 0.25) is 5.91 Å². The Morgan fingerprint density at radius 1 is 1.47 bits per heavy atom. The van der Waals surface area contributed by atoms with E-state index in [-0.39, 0.29) is 0 Å². The summed E-state index contributed by atoms with van der Waals surface area (Å²) in [5, 5.41) is 3.49. The molecule has 0 aliphatic carbocycles. The zero-order valence-corrected chi connectivity index (χ0v) is 10.3. The second-order valence-corrected chi connectivity index (χ2v) is 4.49. The van der Waals surface area contributed by atoms with Crippen LogP contribution in [-0.4, -0.2) is 36.5 Å². The minimum absolute atomic E-state index is 0.334. The second kappa shape index (κ2) is 6.11. The summed E-state index contributed by atoms with van der Waals surface area (Å²) < 4.78 is 0. The summed E-state index contributed by atoms with van der Waals surface area (Å²) in [6.07, 6.45) is 2.96. The van der Waals surface area contributed by atoms with E-state index in [0.29, 0.717) is 17.9 Å². The summed E-state index contributed by atoms with van der Waals surface area (Å²) in [6.45, 7) is 9.42. The van der Waals surface area contributed by atoms with Crippen LogP contribution in [0.25, 0.3) is 0 Å². The van der Waals surface area contributed by atoms with Crippen molar-refractivity contribution in [3.05, 3.63) is 0 Å². The molecule has 1 rings (SSSR count). The van der Waals surface area contributed by atoms with Crippen molar-refractivity contribution in [3.63, 3.8) is 0 Å². The van der Waals surface area contributed by atoms with Gasteiger partial charge in [-0.05, 0) is 18.9 Å². The van der Waals surface area contributed by atoms with E-state index < -0.39 is 0 Å². The maximum absolute atomic E-state index is 11.5. The molecule has 88 valence electrons. The first-order valence-corrected chi connectivity index (χ1v) is 6.20. The van der Waals surface area contributed by atoms with Crippen molar-refractivity contribution in [1.82, 2.24) is 10.2 Å². The van der Waals surface area contributed by atoms with Gasteiger partial charge in [0.05, 0.1) is 0 Å². The molecular formula is C12H24N2O. The van der Waals surface area contributed by atoms with E-state index in [1.54, 1.807) is 0 Å². The van der Waals surface area contributed by atoms with Gasteiger partial charge in [-0.1, -0.05) is 27.2 Å². The molecule has 3 heteroatoms. The highest BCUT2D eigenvalue weighted by molar-refractivity contribution is 5.78. The highest BCUT2D eigenvalue weighted by atomic mass is 16.2. The quantitative estimate of drug-likeness (QED) is 0.726. The van der Waals surface area contributed by atoms with Crippen LogP contribution in [0.3, 0.4) is 0 Å². The number of likely N-dealkylation sites (N-methyl/N-ethyl adjacent to an activating group) is 1. The van der Waals surface area contributed by atoms with Crippen LogP contribution < -0.4 is 5.32 Å². The highest BCUT2D eigenvalue weighted by Gasteiger charge is 2.25. The molecule has 0 spiro atoms. The summed E-state index contributed by atoms with van der Waals surface area (Å²) in [5.41, 5.74) is 0. The Hall–Kier alpha value is -0.570. The van der Waals surface area contributed by atoms with Crippen LogP contribution in [0.2, 0.25) is 0 Å². The lowest BCUT2D eigenvalue weighted by molar-refractivity contribution is -0.128. The minimum Gasteiger partial charge on any atom is -0.341 e. The molecule has 0 aromatic carbocycles. The average Bonchev–Trinajstić information content (AvgIpc) is 2.63. The van der Waals surface area contributed by atoms with Gasteiger partial charge in [0.15, 0.2) is 0 Å². The van der Waals surface area contributed by atoms with E-state index in [1.165, 1.54) is 6.42 Å². The smallest absolute Gasteiger partial charge is 0.222 e. The fraction of sp³-hybridized carbons (Fsp3) is 0.917. The molecule has 15 heavy (non-hydrogen) atoms. The van der Waals surface area contributed by atoms with Crippen LogP contribution >= 0.6 is 0 Å². The van der Waals surface area contributed by atoms with E-state index in [2.05, 4.69) is 26.1 Å². The number of hydrogen-bond donors (Lipinski definition) is 1. The molecule has 0 bridgehead atoms. The van der Waals surface area contributed by atoms with Crippen LogP contribution in [0.15, 0.2) is 0 Å². The predicted molar refractivity (Wildman–Crippen MR) is 62.7 cm³/mol. The Labute approximate surface area is 93.2 Å². The normalized spacial score (nSPS) is 20.7. The fourth-order valence-electron chi connectivity index (χ4n) is 2.13. The molecule has 2 unspecified atom stereocenters. The van der Waals surface area contributed by atoms with Crippen molar-refractivity contribution in [2.45, 2.75) is 46.1 Å². The van der Waals surface area contributed by atoms with Crippen molar-refractivity contribution in [2.75, 3.05) is 19.6 Å². The molecule has 1 heterocycles. The topological polar surface area (TPSA) is 32.3 Å². The molecule has 1 amide bonds. The first-order valence-electron chi connectivity index (χ1n) is 6.20. The summed E-state index contributed by atoms with van der Waals surface area (Å²) in [5.74, 6) is 0.972. The predicted octanol–water partition coefficient (Wildman–Crippen LogP) is 1.63. The van der Waals surface area contributed by atoms with Crippen molar-refractivity contribution in [3.8, 4) is 0 Å². The number of nitrogens with zero attached hydrogens (tertiary/aromatic N) is 1. The number of amides is 1. The molecule has 0 saturated carbocycles. The van der Waals surface area contributed by atoms with Gasteiger partial charge in [-0.25, -0.2) is 0 Å². The maximum atomic E-state index is 11.5. The van der Waals surface area contributed by atoms with Crippen LogP contribution in [-0.2, 0) is 4.79 Å². The van der Waals surface area contributed by atoms with Gasteiger partial charge in [0.25, 0.3) is 0 Å². The molecule has 1 fully saturated rings. The third-order valence-corrected chi connectivity index (χ3v) is 3.39. The number of carbonyl (C=O) groups is 1. The Morgan fingerprint density at radius 2 is 2.20 bits per heavy atom. The molecule has 0 aromatic heterocycles. The molecule has 1 aliphatic rings. The third kappa shape index (κ3) is 3.49. The van der Waals surface area contributed by atoms with Gasteiger partial charge in [0, 0.05) is 25.6 Å². The lowest BCUT2D eigenvalue weighted by atomic mass is 9.98. The van der Waals surface area contributed by atoms with Gasteiger partial charge >= 0.3 is 0 Å². The summed E-state index contributed by atoms with van der Waals surface area (Å²) in [4.78, 5) is 13.5.